The van der Waals surface area contributed by atoms with E-state index in [9.17, 15) is 22.8 Å². The van der Waals surface area contributed by atoms with Crippen LogP contribution in [0.5, 0.6) is 0 Å². The van der Waals surface area contributed by atoms with Crippen molar-refractivity contribution < 1.29 is 27.9 Å². The molecule has 1 rings (SSSR count). The van der Waals surface area contributed by atoms with E-state index in [1.807, 2.05) is 0 Å². The van der Waals surface area contributed by atoms with Crippen molar-refractivity contribution >= 4 is 30.0 Å². The highest BCUT2D eigenvalue weighted by atomic mass is 35.5. The molecule has 2 unspecified atom stereocenters. The Morgan fingerprint density at radius 2 is 1.83 bits per heavy atom. The smallest absolute Gasteiger partial charge is 0.418 e. The van der Waals surface area contributed by atoms with Gasteiger partial charge in [0.15, 0.2) is 0 Å². The van der Waals surface area contributed by atoms with Crippen LogP contribution in [0.15, 0.2) is 24.3 Å². The van der Waals surface area contributed by atoms with Gasteiger partial charge in [-0.15, -0.1) is 12.4 Å². The van der Waals surface area contributed by atoms with Crippen molar-refractivity contribution in [1.29, 1.82) is 0 Å². The molecule has 0 aromatic heterocycles. The first-order chi connectivity index (χ1) is 10.7. The number of benzene rings is 1. The summed E-state index contributed by atoms with van der Waals surface area (Å²) in [5, 5.41) is 13.8. The van der Waals surface area contributed by atoms with Crippen LogP contribution in [0, 0.1) is 0 Å². The number of halogens is 4. The summed E-state index contributed by atoms with van der Waals surface area (Å²) in [6.07, 6.45) is -3.69. The van der Waals surface area contributed by atoms with E-state index in [0.717, 1.165) is 12.1 Å². The molecule has 1 aromatic rings. The van der Waals surface area contributed by atoms with Crippen LogP contribution >= 0.6 is 12.4 Å². The summed E-state index contributed by atoms with van der Waals surface area (Å²) in [7, 11) is 0. The normalized spacial score (nSPS) is 13.5. The Morgan fingerprint density at radius 3 is 2.33 bits per heavy atom. The van der Waals surface area contributed by atoms with Gasteiger partial charge in [-0.3, -0.25) is 14.9 Å². The van der Waals surface area contributed by atoms with Crippen LogP contribution < -0.4 is 10.6 Å². The first-order valence-electron chi connectivity index (χ1n) is 7.12. The minimum absolute atomic E-state index is 0. The molecular weight excluding hydrogens is 349 g/mol. The second kappa shape index (κ2) is 9.48. The molecule has 0 heterocycles. The quantitative estimate of drug-likeness (QED) is 0.690. The summed E-state index contributed by atoms with van der Waals surface area (Å²) in [6.45, 7) is 3.19. The summed E-state index contributed by atoms with van der Waals surface area (Å²) in [5.74, 6) is -1.84. The maximum atomic E-state index is 12.9. The molecule has 1 amide bonds. The molecule has 0 saturated heterocycles. The van der Waals surface area contributed by atoms with Crippen LogP contribution in [0.25, 0.3) is 0 Å². The van der Waals surface area contributed by atoms with Gasteiger partial charge in [0.1, 0.15) is 6.04 Å². The minimum atomic E-state index is -4.59. The minimum Gasteiger partial charge on any atom is -0.480 e. The molecule has 0 aliphatic heterocycles. The van der Waals surface area contributed by atoms with Gasteiger partial charge in [0.05, 0.1) is 17.3 Å². The maximum absolute atomic E-state index is 12.9. The summed E-state index contributed by atoms with van der Waals surface area (Å²) in [5.41, 5.74) is -1.31. The molecule has 0 fully saturated rings. The third-order valence-electron chi connectivity index (χ3n) is 3.21. The predicted octanol–water partition coefficient (Wildman–Crippen LogP) is 3.30. The van der Waals surface area contributed by atoms with Gasteiger partial charge in [-0.2, -0.15) is 13.2 Å². The Kier molecular flexibility index (Phi) is 8.77. The van der Waals surface area contributed by atoms with Crippen molar-refractivity contribution in [3.63, 3.8) is 0 Å². The lowest BCUT2D eigenvalue weighted by molar-refractivity contribution is -0.140. The number of rotatable bonds is 7. The molecule has 0 aliphatic carbocycles. The standard InChI is InChI=1S/C15H19F3N2O3.ClH/c1-3-6-12(14(22)23)19-9(2)13(21)20-11-8-5-4-7-10(11)15(16,17)18;/h4-5,7-9,12,19H,3,6H2,1-2H3,(H,20,21)(H,22,23);1H. The number of aliphatic carboxylic acids is 1. The number of anilines is 1. The molecule has 2 atom stereocenters. The Bertz CT molecular complexity index is 567. The summed E-state index contributed by atoms with van der Waals surface area (Å²) >= 11 is 0. The van der Waals surface area contributed by atoms with Crippen molar-refractivity contribution in [2.24, 2.45) is 0 Å². The highest BCUT2D eigenvalue weighted by Crippen LogP contribution is 2.34. The molecule has 0 spiro atoms. The number of carboxylic acid groups (broad SMARTS) is 1. The zero-order valence-electron chi connectivity index (χ0n) is 13.2. The van der Waals surface area contributed by atoms with E-state index in [1.165, 1.54) is 19.1 Å². The average Bonchev–Trinajstić information content (AvgIpc) is 2.45. The van der Waals surface area contributed by atoms with Gasteiger partial charge < -0.3 is 10.4 Å². The second-order valence-electron chi connectivity index (χ2n) is 5.10. The van der Waals surface area contributed by atoms with Crippen LogP contribution in [0.3, 0.4) is 0 Å². The molecule has 9 heteroatoms. The number of carboxylic acids is 1. The topological polar surface area (TPSA) is 78.4 Å². The van der Waals surface area contributed by atoms with E-state index >= 15 is 0 Å². The molecule has 5 nitrogen and oxygen atoms in total. The lowest BCUT2D eigenvalue weighted by atomic mass is 10.1. The Hall–Kier alpha value is -1.80. The molecule has 136 valence electrons. The third kappa shape index (κ3) is 6.37. The monoisotopic (exact) mass is 368 g/mol. The van der Waals surface area contributed by atoms with Gasteiger partial charge in [0.25, 0.3) is 0 Å². The lowest BCUT2D eigenvalue weighted by Gasteiger charge is -2.20. The zero-order chi connectivity index (χ0) is 17.6. The highest BCUT2D eigenvalue weighted by molar-refractivity contribution is 5.95. The summed E-state index contributed by atoms with van der Waals surface area (Å²) in [4.78, 5) is 23.1. The number of nitrogens with one attached hydrogen (secondary N) is 2. The van der Waals surface area contributed by atoms with Gasteiger partial charge >= 0.3 is 12.1 Å². The molecule has 0 bridgehead atoms. The van der Waals surface area contributed by atoms with Crippen molar-refractivity contribution in [3.05, 3.63) is 29.8 Å². The molecule has 1 aromatic carbocycles. The fraction of sp³-hybridized carbons (Fsp3) is 0.467. The Balaban J connectivity index is 0.00000529. The van der Waals surface area contributed by atoms with Crippen molar-refractivity contribution in [3.8, 4) is 0 Å². The van der Waals surface area contributed by atoms with Crippen LogP contribution in [-0.2, 0) is 15.8 Å². The Morgan fingerprint density at radius 1 is 1.25 bits per heavy atom. The maximum Gasteiger partial charge on any atom is 0.418 e. The SMILES string of the molecule is CCCC(NC(C)C(=O)Nc1ccccc1C(F)(F)F)C(=O)O.Cl. The largest absolute Gasteiger partial charge is 0.480 e. The average molecular weight is 369 g/mol. The van der Waals surface area contributed by atoms with Gasteiger partial charge in [-0.25, -0.2) is 0 Å². The molecule has 3 N–H and O–H groups in total. The summed E-state index contributed by atoms with van der Waals surface area (Å²) in [6, 6.07) is 2.73. The summed E-state index contributed by atoms with van der Waals surface area (Å²) < 4.78 is 38.6. The van der Waals surface area contributed by atoms with Crippen LogP contribution in [0.2, 0.25) is 0 Å². The molecular formula is C15H20ClF3N2O3. The van der Waals surface area contributed by atoms with Gasteiger partial charge in [0.2, 0.25) is 5.91 Å². The van der Waals surface area contributed by atoms with Crippen molar-refractivity contribution in [1.82, 2.24) is 5.32 Å². The molecule has 0 aliphatic rings. The van der Waals surface area contributed by atoms with Crippen LogP contribution in [0.4, 0.5) is 18.9 Å². The van der Waals surface area contributed by atoms with Crippen molar-refractivity contribution in [2.75, 3.05) is 5.32 Å². The fourth-order valence-electron chi connectivity index (χ4n) is 2.02. The zero-order valence-corrected chi connectivity index (χ0v) is 14.0. The number of hydrogen-bond donors (Lipinski definition) is 3. The van der Waals surface area contributed by atoms with E-state index < -0.39 is 35.7 Å². The van der Waals surface area contributed by atoms with Crippen molar-refractivity contribution in [2.45, 2.75) is 44.9 Å². The second-order valence-corrected chi connectivity index (χ2v) is 5.10. The van der Waals surface area contributed by atoms with Gasteiger partial charge in [-0.05, 0) is 25.5 Å². The number of para-hydroxylation sites is 1. The van der Waals surface area contributed by atoms with E-state index in [2.05, 4.69) is 10.6 Å². The van der Waals surface area contributed by atoms with Crippen LogP contribution in [-0.4, -0.2) is 29.1 Å². The number of alkyl halides is 3. The van der Waals surface area contributed by atoms with Gasteiger partial charge in [0, 0.05) is 0 Å². The first kappa shape index (κ1) is 22.2. The van der Waals surface area contributed by atoms with E-state index in [4.69, 9.17) is 5.11 Å². The number of carbonyl (C=O) groups excluding carboxylic acids is 1. The number of carbonyl (C=O) groups is 2. The number of amides is 1. The predicted molar refractivity (Wildman–Crippen MR) is 86.3 cm³/mol. The van der Waals surface area contributed by atoms with Crippen LogP contribution in [0.1, 0.15) is 32.3 Å². The highest BCUT2D eigenvalue weighted by Gasteiger charge is 2.34. The first-order valence-corrected chi connectivity index (χ1v) is 7.12. The van der Waals surface area contributed by atoms with E-state index in [-0.39, 0.29) is 18.1 Å². The van der Waals surface area contributed by atoms with E-state index in [1.54, 1.807) is 6.92 Å². The van der Waals surface area contributed by atoms with E-state index in [0.29, 0.717) is 12.8 Å². The third-order valence-corrected chi connectivity index (χ3v) is 3.21. The Labute approximate surface area is 144 Å². The molecule has 0 saturated carbocycles. The number of hydrogen-bond acceptors (Lipinski definition) is 3. The lowest BCUT2D eigenvalue weighted by Crippen LogP contribution is -2.47. The van der Waals surface area contributed by atoms with Gasteiger partial charge in [-0.1, -0.05) is 25.5 Å². The fourth-order valence-corrected chi connectivity index (χ4v) is 2.02. The molecule has 24 heavy (non-hydrogen) atoms. The molecule has 0 radical (unpaired) electrons.